The molecule has 0 atom stereocenters. The SMILES string of the molecule is Cn1ccnc1CNc1cn[nH]c(=O)c1Cl. The van der Waals surface area contributed by atoms with Crippen molar-refractivity contribution in [2.24, 2.45) is 7.05 Å². The molecule has 0 amide bonds. The van der Waals surface area contributed by atoms with Gasteiger partial charge >= 0.3 is 0 Å². The molecule has 0 unspecified atom stereocenters. The standard InChI is InChI=1S/C9H10ClN5O/c1-15-3-2-11-7(15)5-12-6-4-13-14-9(16)8(6)10/h2-4H,5H2,1H3,(H2,12,14,16). The number of nitrogens with one attached hydrogen (secondary N) is 2. The van der Waals surface area contributed by atoms with Crippen molar-refractivity contribution in [3.05, 3.63) is 39.8 Å². The van der Waals surface area contributed by atoms with Crippen LogP contribution in [0.5, 0.6) is 0 Å². The Bertz CT molecular complexity index is 547. The van der Waals surface area contributed by atoms with Gasteiger partial charge in [0.15, 0.2) is 0 Å². The van der Waals surface area contributed by atoms with Crippen LogP contribution in [0.4, 0.5) is 5.69 Å². The van der Waals surface area contributed by atoms with Gasteiger partial charge in [-0.25, -0.2) is 10.1 Å². The maximum absolute atomic E-state index is 11.2. The highest BCUT2D eigenvalue weighted by molar-refractivity contribution is 6.32. The molecule has 0 fully saturated rings. The highest BCUT2D eigenvalue weighted by Gasteiger charge is 2.05. The molecule has 0 saturated carbocycles. The summed E-state index contributed by atoms with van der Waals surface area (Å²) in [5.41, 5.74) is 0.0833. The Kier molecular flexibility index (Phi) is 2.91. The molecule has 2 N–H and O–H groups in total. The van der Waals surface area contributed by atoms with Crippen molar-refractivity contribution in [1.29, 1.82) is 0 Å². The van der Waals surface area contributed by atoms with Gasteiger partial charge in [-0.1, -0.05) is 11.6 Å². The van der Waals surface area contributed by atoms with Crippen molar-refractivity contribution in [1.82, 2.24) is 19.7 Å². The first kappa shape index (κ1) is 10.7. The molecule has 2 aromatic rings. The van der Waals surface area contributed by atoms with Crippen LogP contribution in [0.25, 0.3) is 0 Å². The largest absolute Gasteiger partial charge is 0.375 e. The van der Waals surface area contributed by atoms with Crippen LogP contribution in [-0.2, 0) is 13.6 Å². The zero-order valence-electron chi connectivity index (χ0n) is 8.57. The lowest BCUT2D eigenvalue weighted by Crippen LogP contribution is -2.13. The highest BCUT2D eigenvalue weighted by atomic mass is 35.5. The molecule has 0 aliphatic heterocycles. The number of aromatic amines is 1. The minimum absolute atomic E-state index is 0.101. The number of H-pyrrole nitrogens is 1. The smallest absolute Gasteiger partial charge is 0.285 e. The van der Waals surface area contributed by atoms with Gasteiger partial charge in [0, 0.05) is 19.4 Å². The fourth-order valence-electron chi connectivity index (χ4n) is 1.25. The van der Waals surface area contributed by atoms with E-state index >= 15 is 0 Å². The van der Waals surface area contributed by atoms with Crippen molar-refractivity contribution in [3.8, 4) is 0 Å². The molecular formula is C9H10ClN5O. The Morgan fingerprint density at radius 2 is 2.44 bits per heavy atom. The van der Waals surface area contributed by atoms with Gasteiger partial charge in [-0.2, -0.15) is 5.10 Å². The third-order valence-corrected chi connectivity index (χ3v) is 2.53. The molecule has 0 bridgehead atoms. The van der Waals surface area contributed by atoms with Crippen LogP contribution in [0, 0.1) is 0 Å². The normalized spacial score (nSPS) is 10.4. The average molecular weight is 240 g/mol. The Balaban J connectivity index is 2.14. The lowest BCUT2D eigenvalue weighted by molar-refractivity contribution is 0.811. The van der Waals surface area contributed by atoms with Crippen LogP contribution < -0.4 is 10.9 Å². The van der Waals surface area contributed by atoms with E-state index in [1.165, 1.54) is 6.20 Å². The van der Waals surface area contributed by atoms with Crippen LogP contribution in [-0.4, -0.2) is 19.7 Å². The average Bonchev–Trinajstić information content (AvgIpc) is 2.67. The summed E-state index contributed by atoms with van der Waals surface area (Å²) in [4.78, 5) is 15.3. The number of aryl methyl sites for hydroxylation is 1. The fraction of sp³-hybridized carbons (Fsp3) is 0.222. The first-order valence-electron chi connectivity index (χ1n) is 4.61. The topological polar surface area (TPSA) is 75.6 Å². The maximum Gasteiger partial charge on any atom is 0.285 e. The Hall–Kier alpha value is -1.82. The lowest BCUT2D eigenvalue weighted by Gasteiger charge is -2.06. The molecular weight excluding hydrogens is 230 g/mol. The van der Waals surface area contributed by atoms with Crippen molar-refractivity contribution in [3.63, 3.8) is 0 Å². The van der Waals surface area contributed by atoms with Crippen LogP contribution in [0.15, 0.2) is 23.4 Å². The first-order valence-corrected chi connectivity index (χ1v) is 4.99. The van der Waals surface area contributed by atoms with E-state index in [1.807, 2.05) is 17.8 Å². The molecule has 6 nitrogen and oxygen atoms in total. The lowest BCUT2D eigenvalue weighted by atomic mass is 10.4. The highest BCUT2D eigenvalue weighted by Crippen LogP contribution is 2.14. The van der Waals surface area contributed by atoms with Gasteiger partial charge in [0.05, 0.1) is 18.4 Å². The van der Waals surface area contributed by atoms with Gasteiger partial charge in [-0.15, -0.1) is 0 Å². The van der Waals surface area contributed by atoms with E-state index in [-0.39, 0.29) is 5.02 Å². The number of imidazole rings is 1. The van der Waals surface area contributed by atoms with E-state index < -0.39 is 5.56 Å². The minimum Gasteiger partial charge on any atom is -0.375 e. The summed E-state index contributed by atoms with van der Waals surface area (Å²) in [7, 11) is 1.89. The summed E-state index contributed by atoms with van der Waals surface area (Å²) in [6.07, 6.45) is 5.01. The van der Waals surface area contributed by atoms with Gasteiger partial charge in [0.2, 0.25) is 0 Å². The molecule has 0 radical (unpaired) electrons. The van der Waals surface area contributed by atoms with Gasteiger partial charge in [-0.05, 0) is 0 Å². The summed E-state index contributed by atoms with van der Waals surface area (Å²) in [5.74, 6) is 0.844. The fourth-order valence-corrected chi connectivity index (χ4v) is 1.41. The second-order valence-electron chi connectivity index (χ2n) is 3.23. The Labute approximate surface area is 96.3 Å². The third-order valence-electron chi connectivity index (χ3n) is 2.15. The zero-order chi connectivity index (χ0) is 11.5. The van der Waals surface area contributed by atoms with Gasteiger partial charge in [0.25, 0.3) is 5.56 Å². The second-order valence-corrected chi connectivity index (χ2v) is 3.61. The number of anilines is 1. The number of halogens is 1. The molecule has 0 saturated heterocycles. The molecule has 0 aromatic carbocycles. The van der Waals surface area contributed by atoms with Crippen LogP contribution in [0.2, 0.25) is 5.02 Å². The maximum atomic E-state index is 11.2. The Morgan fingerprint density at radius 1 is 1.62 bits per heavy atom. The van der Waals surface area contributed by atoms with Gasteiger partial charge in [0.1, 0.15) is 10.8 Å². The summed E-state index contributed by atoms with van der Waals surface area (Å²) < 4.78 is 1.88. The number of aromatic nitrogens is 4. The second kappa shape index (κ2) is 4.36. The summed E-state index contributed by atoms with van der Waals surface area (Å²) in [6, 6.07) is 0. The van der Waals surface area contributed by atoms with E-state index in [9.17, 15) is 4.79 Å². The zero-order valence-corrected chi connectivity index (χ0v) is 9.32. The summed E-state index contributed by atoms with van der Waals surface area (Å²) in [6.45, 7) is 0.481. The molecule has 84 valence electrons. The van der Waals surface area contributed by atoms with Gasteiger partial charge < -0.3 is 9.88 Å². The predicted molar refractivity (Wildman–Crippen MR) is 60.4 cm³/mol. The van der Waals surface area contributed by atoms with E-state index in [1.54, 1.807) is 6.20 Å². The minimum atomic E-state index is -0.411. The number of hydrogen-bond donors (Lipinski definition) is 2. The molecule has 7 heteroatoms. The van der Waals surface area contributed by atoms with E-state index in [0.717, 1.165) is 5.82 Å². The number of rotatable bonds is 3. The molecule has 0 aliphatic carbocycles. The summed E-state index contributed by atoms with van der Waals surface area (Å²) in [5, 5.41) is 9.00. The number of hydrogen-bond acceptors (Lipinski definition) is 4. The predicted octanol–water partition coefficient (Wildman–Crippen LogP) is 0.769. The quantitative estimate of drug-likeness (QED) is 0.830. The van der Waals surface area contributed by atoms with Crippen molar-refractivity contribution < 1.29 is 0 Å². The molecule has 2 aromatic heterocycles. The third kappa shape index (κ3) is 2.06. The van der Waals surface area contributed by atoms with E-state index in [4.69, 9.17) is 11.6 Å². The van der Waals surface area contributed by atoms with Crippen LogP contribution in [0.3, 0.4) is 0 Å². The van der Waals surface area contributed by atoms with Crippen LogP contribution in [0.1, 0.15) is 5.82 Å². The van der Waals surface area contributed by atoms with E-state index in [0.29, 0.717) is 12.2 Å². The number of nitrogens with zero attached hydrogens (tertiary/aromatic N) is 3. The molecule has 2 heterocycles. The van der Waals surface area contributed by atoms with Crippen LogP contribution >= 0.6 is 11.6 Å². The molecule has 16 heavy (non-hydrogen) atoms. The monoisotopic (exact) mass is 239 g/mol. The van der Waals surface area contributed by atoms with Crippen molar-refractivity contribution in [2.45, 2.75) is 6.54 Å². The van der Waals surface area contributed by atoms with Gasteiger partial charge in [-0.3, -0.25) is 4.79 Å². The van der Waals surface area contributed by atoms with Crippen molar-refractivity contribution >= 4 is 17.3 Å². The van der Waals surface area contributed by atoms with E-state index in [2.05, 4.69) is 20.5 Å². The Morgan fingerprint density at radius 3 is 3.12 bits per heavy atom. The molecule has 0 spiro atoms. The summed E-state index contributed by atoms with van der Waals surface area (Å²) >= 11 is 5.80. The first-order chi connectivity index (χ1) is 7.68. The molecule has 0 aliphatic rings. The molecule has 2 rings (SSSR count). The van der Waals surface area contributed by atoms with Crippen molar-refractivity contribution in [2.75, 3.05) is 5.32 Å².